The summed E-state index contributed by atoms with van der Waals surface area (Å²) in [5.74, 6) is 0.697. The third-order valence-electron chi connectivity index (χ3n) is 8.68. The van der Waals surface area contributed by atoms with E-state index in [9.17, 15) is 0 Å². The second-order valence-electron chi connectivity index (χ2n) is 11.7. The van der Waals surface area contributed by atoms with Gasteiger partial charge in [-0.25, -0.2) is 15.0 Å². The Kier molecular flexibility index (Phi) is 6.43. The first-order valence-electron chi connectivity index (χ1n) is 15.7. The van der Waals surface area contributed by atoms with E-state index >= 15 is 0 Å². The van der Waals surface area contributed by atoms with E-state index in [-0.39, 0.29) is 0 Å². The molecule has 0 unspecified atom stereocenters. The number of benzene rings is 6. The highest BCUT2D eigenvalue weighted by atomic mass is 16.3. The maximum Gasteiger partial charge on any atom is 0.160 e. The molecule has 0 amide bonds. The smallest absolute Gasteiger partial charge is 0.160 e. The Balaban J connectivity index is 1.12. The van der Waals surface area contributed by atoms with Crippen LogP contribution in [0.2, 0.25) is 0 Å². The van der Waals surface area contributed by atoms with Crippen LogP contribution in [0.15, 0.2) is 168 Å². The molecule has 3 aromatic heterocycles. The Bertz CT molecular complexity index is 2550. The zero-order chi connectivity index (χ0) is 31.2. The van der Waals surface area contributed by atoms with E-state index in [1.54, 1.807) is 0 Å². The van der Waals surface area contributed by atoms with Crippen LogP contribution in [0.4, 0.5) is 0 Å². The summed E-state index contributed by atoms with van der Waals surface area (Å²) in [5, 5.41) is 2.07. The molecule has 0 bridgehead atoms. The number of hydrogen-bond acceptors (Lipinski definition) is 4. The molecule has 3 heterocycles. The van der Waals surface area contributed by atoms with Crippen molar-refractivity contribution in [2.45, 2.75) is 0 Å². The Morgan fingerprint density at radius 2 is 0.957 bits per heavy atom. The summed E-state index contributed by atoms with van der Waals surface area (Å²) in [5.41, 5.74) is 12.8. The summed E-state index contributed by atoms with van der Waals surface area (Å²) in [4.78, 5) is 15.1. The molecule has 220 valence electrons. The number of nitrogens with zero attached hydrogens (tertiary/aromatic N) is 3. The van der Waals surface area contributed by atoms with Crippen molar-refractivity contribution in [1.82, 2.24) is 15.0 Å². The third kappa shape index (κ3) is 5.02. The maximum absolute atomic E-state index is 6.13. The van der Waals surface area contributed by atoms with Gasteiger partial charge in [-0.2, -0.15) is 0 Å². The van der Waals surface area contributed by atoms with Crippen LogP contribution in [0.25, 0.3) is 89.1 Å². The van der Waals surface area contributed by atoms with Gasteiger partial charge in [-0.1, -0.05) is 121 Å². The number of rotatable bonds is 5. The van der Waals surface area contributed by atoms with Crippen molar-refractivity contribution >= 4 is 33.0 Å². The zero-order valence-electron chi connectivity index (χ0n) is 25.3. The molecule has 4 heteroatoms. The van der Waals surface area contributed by atoms with E-state index < -0.39 is 0 Å². The van der Waals surface area contributed by atoms with Gasteiger partial charge in [0.05, 0.1) is 16.9 Å². The zero-order valence-corrected chi connectivity index (χ0v) is 25.3. The van der Waals surface area contributed by atoms with Gasteiger partial charge in [0.25, 0.3) is 0 Å². The summed E-state index contributed by atoms with van der Waals surface area (Å²) in [6, 6.07) is 56.4. The molecule has 0 radical (unpaired) electrons. The number of pyridine rings is 1. The lowest BCUT2D eigenvalue weighted by Gasteiger charge is -2.11. The van der Waals surface area contributed by atoms with E-state index in [2.05, 4.69) is 121 Å². The minimum absolute atomic E-state index is 0.697. The predicted molar refractivity (Wildman–Crippen MR) is 192 cm³/mol. The fourth-order valence-electron chi connectivity index (χ4n) is 6.26. The largest absolute Gasteiger partial charge is 0.454 e. The van der Waals surface area contributed by atoms with E-state index in [0.29, 0.717) is 5.82 Å². The highest BCUT2D eigenvalue weighted by Gasteiger charge is 2.13. The van der Waals surface area contributed by atoms with E-state index in [1.165, 1.54) is 11.1 Å². The van der Waals surface area contributed by atoms with Crippen LogP contribution in [0, 0.1) is 0 Å². The highest BCUT2D eigenvalue weighted by molar-refractivity contribution is 6.06. The van der Waals surface area contributed by atoms with Crippen molar-refractivity contribution in [3.8, 4) is 56.2 Å². The molecule has 0 spiro atoms. The Labute approximate surface area is 271 Å². The molecule has 0 N–H and O–H groups in total. The van der Waals surface area contributed by atoms with Gasteiger partial charge in [-0.15, -0.1) is 0 Å². The van der Waals surface area contributed by atoms with Crippen LogP contribution in [0.3, 0.4) is 0 Å². The van der Waals surface area contributed by atoms with E-state index in [0.717, 1.165) is 72.2 Å². The summed E-state index contributed by atoms with van der Waals surface area (Å²) in [6.45, 7) is 0. The first-order chi connectivity index (χ1) is 23.2. The van der Waals surface area contributed by atoms with Gasteiger partial charge in [-0.05, 0) is 64.7 Å². The normalized spacial score (nSPS) is 11.4. The van der Waals surface area contributed by atoms with Crippen LogP contribution in [0.1, 0.15) is 0 Å². The monoisotopic (exact) mass is 601 g/mol. The second-order valence-corrected chi connectivity index (χ2v) is 11.7. The molecular weight excluding hydrogens is 574 g/mol. The molecule has 47 heavy (non-hydrogen) atoms. The van der Waals surface area contributed by atoms with E-state index in [4.69, 9.17) is 19.4 Å². The quantitative estimate of drug-likeness (QED) is 0.197. The Morgan fingerprint density at radius 3 is 1.77 bits per heavy atom. The van der Waals surface area contributed by atoms with Crippen molar-refractivity contribution in [3.05, 3.63) is 164 Å². The van der Waals surface area contributed by atoms with Crippen molar-refractivity contribution in [2.24, 2.45) is 0 Å². The lowest BCUT2D eigenvalue weighted by molar-refractivity contribution is 0.669. The van der Waals surface area contributed by atoms with Gasteiger partial charge in [0.1, 0.15) is 11.1 Å². The molecule has 4 nitrogen and oxygen atoms in total. The molecule has 0 aliphatic carbocycles. The molecule has 9 aromatic rings. The van der Waals surface area contributed by atoms with Crippen molar-refractivity contribution < 1.29 is 4.42 Å². The van der Waals surface area contributed by atoms with Crippen LogP contribution in [-0.2, 0) is 0 Å². The van der Waals surface area contributed by atoms with E-state index in [1.807, 2.05) is 42.5 Å². The SMILES string of the molecule is c1ccc(-c2ccc(-c3cc(-c4cccc(-c5ccc6nc7c(cc6c5)oc5ccccc57)c4)nc(-c4ccccc4)n3)cc2)cc1. The van der Waals surface area contributed by atoms with Gasteiger partial charge >= 0.3 is 0 Å². The van der Waals surface area contributed by atoms with Crippen molar-refractivity contribution in [3.63, 3.8) is 0 Å². The van der Waals surface area contributed by atoms with Gasteiger partial charge < -0.3 is 4.42 Å². The first-order valence-corrected chi connectivity index (χ1v) is 15.7. The van der Waals surface area contributed by atoms with Crippen molar-refractivity contribution in [1.29, 1.82) is 0 Å². The number of hydrogen-bond donors (Lipinski definition) is 0. The highest BCUT2D eigenvalue weighted by Crippen LogP contribution is 2.34. The molecule has 9 rings (SSSR count). The average Bonchev–Trinajstić information content (AvgIpc) is 3.51. The molecule has 0 saturated carbocycles. The summed E-state index contributed by atoms with van der Waals surface area (Å²) >= 11 is 0. The number of para-hydroxylation sites is 1. The standard InChI is InChI=1S/C43H27N3O/c1-3-10-28(11-4-1)29-18-20-30(21-19-29)38-27-39(46-43(45-38)31-12-5-2-6-13-31)34-15-9-14-32(24-34)33-22-23-37-35(25-33)26-41-42(44-37)36-16-7-8-17-40(36)47-41/h1-27H. The maximum atomic E-state index is 6.13. The van der Waals surface area contributed by atoms with Gasteiger partial charge in [-0.3, -0.25) is 0 Å². The fourth-order valence-corrected chi connectivity index (χ4v) is 6.26. The molecule has 0 aliphatic rings. The van der Waals surface area contributed by atoms with Gasteiger partial charge in [0.2, 0.25) is 0 Å². The number of fused-ring (bicyclic) bond motifs is 4. The van der Waals surface area contributed by atoms with Gasteiger partial charge in [0, 0.05) is 27.5 Å². The molecule has 0 saturated heterocycles. The first kappa shape index (κ1) is 27.0. The Hall–Kier alpha value is -6.39. The second kappa shape index (κ2) is 11.2. The van der Waals surface area contributed by atoms with Gasteiger partial charge in [0.15, 0.2) is 11.4 Å². The van der Waals surface area contributed by atoms with Crippen molar-refractivity contribution in [2.75, 3.05) is 0 Å². The topological polar surface area (TPSA) is 51.8 Å². The lowest BCUT2D eigenvalue weighted by Crippen LogP contribution is -1.96. The molecule has 0 aliphatic heterocycles. The molecule has 0 fully saturated rings. The molecule has 0 atom stereocenters. The third-order valence-corrected chi connectivity index (χ3v) is 8.68. The van der Waals surface area contributed by atoms with Crippen LogP contribution < -0.4 is 0 Å². The summed E-state index contributed by atoms with van der Waals surface area (Å²) < 4.78 is 6.13. The number of aromatic nitrogens is 3. The minimum Gasteiger partial charge on any atom is -0.454 e. The molecular formula is C43H27N3O. The molecule has 6 aromatic carbocycles. The minimum atomic E-state index is 0.697. The Morgan fingerprint density at radius 1 is 0.362 bits per heavy atom. The lowest BCUT2D eigenvalue weighted by atomic mass is 9.98. The van der Waals surface area contributed by atoms with Crippen LogP contribution >= 0.6 is 0 Å². The number of furan rings is 1. The average molecular weight is 602 g/mol. The summed E-state index contributed by atoms with van der Waals surface area (Å²) in [6.07, 6.45) is 0. The summed E-state index contributed by atoms with van der Waals surface area (Å²) in [7, 11) is 0. The predicted octanol–water partition coefficient (Wildman–Crippen LogP) is 11.3. The fraction of sp³-hybridized carbons (Fsp3) is 0. The van der Waals surface area contributed by atoms with Crippen LogP contribution in [-0.4, -0.2) is 15.0 Å². The van der Waals surface area contributed by atoms with Crippen LogP contribution in [0.5, 0.6) is 0 Å².